The molecule has 8 N–H and O–H groups in total. The summed E-state index contributed by atoms with van der Waals surface area (Å²) in [5.74, 6) is 0.213. The molecular formula is C28H40N8O2S. The third kappa shape index (κ3) is 7.78. The molecule has 0 aliphatic carbocycles. The summed E-state index contributed by atoms with van der Waals surface area (Å²) in [6, 6.07) is 14.2. The highest BCUT2D eigenvalue weighted by Crippen LogP contribution is 2.38. The molecule has 0 spiro atoms. The van der Waals surface area contributed by atoms with Gasteiger partial charge in [-0.2, -0.15) is 0 Å². The van der Waals surface area contributed by atoms with Crippen LogP contribution < -0.4 is 22.9 Å². The number of rotatable bonds is 12. The molecule has 2 heterocycles. The molecule has 0 radical (unpaired) electrons. The summed E-state index contributed by atoms with van der Waals surface area (Å²) in [4.78, 5) is 38.9. The quantitative estimate of drug-likeness (QED) is 0.177. The SMILES string of the molecule is NC(N)=NCCCC[C@@H]1CC(=O)N2[C@@H](CN(CCc3ccc4ccccc4c3)C(=O)[C@@H]2CCCN=C(N)N)S1. The van der Waals surface area contributed by atoms with Crippen LogP contribution in [0, 0.1) is 0 Å². The average Bonchev–Trinajstić information content (AvgIpc) is 2.90. The van der Waals surface area contributed by atoms with Crippen LogP contribution >= 0.6 is 11.8 Å². The Bertz CT molecular complexity index is 1210. The summed E-state index contributed by atoms with van der Waals surface area (Å²) in [5, 5.41) is 2.56. The van der Waals surface area contributed by atoms with E-state index < -0.39 is 6.04 Å². The van der Waals surface area contributed by atoms with E-state index in [1.165, 1.54) is 16.3 Å². The van der Waals surface area contributed by atoms with Gasteiger partial charge in [0.1, 0.15) is 6.04 Å². The van der Waals surface area contributed by atoms with Crippen LogP contribution in [0.4, 0.5) is 0 Å². The fourth-order valence-electron chi connectivity index (χ4n) is 5.39. The van der Waals surface area contributed by atoms with Crippen molar-refractivity contribution in [2.24, 2.45) is 32.9 Å². The summed E-state index contributed by atoms with van der Waals surface area (Å²) in [7, 11) is 0. The minimum Gasteiger partial charge on any atom is -0.370 e. The van der Waals surface area contributed by atoms with Crippen molar-refractivity contribution >= 4 is 46.3 Å². The van der Waals surface area contributed by atoms with E-state index in [4.69, 9.17) is 22.9 Å². The van der Waals surface area contributed by atoms with Crippen molar-refractivity contribution in [2.75, 3.05) is 26.2 Å². The number of amides is 2. The van der Waals surface area contributed by atoms with Crippen molar-refractivity contribution in [1.29, 1.82) is 0 Å². The standard InChI is InChI=1S/C28H40N8O2S/c29-27(30)33-13-4-3-8-22-17-24(37)36-23(9-5-14-34-28(31)32)26(38)35(18-25(36)39-22)15-12-19-10-11-20-6-1-2-7-21(20)16-19/h1-2,6-7,10-11,16,22-23,25H,3-5,8-9,12-15,17-18H2,(H4,29,30,33)(H4,31,32,34)/t22-,23+,25-/m1/s1. The van der Waals surface area contributed by atoms with Crippen LogP contribution in [0.25, 0.3) is 10.8 Å². The van der Waals surface area contributed by atoms with Gasteiger partial charge in [0.15, 0.2) is 11.9 Å². The molecule has 2 amide bonds. The van der Waals surface area contributed by atoms with E-state index in [-0.39, 0.29) is 34.4 Å². The van der Waals surface area contributed by atoms with Gasteiger partial charge in [-0.1, -0.05) is 48.9 Å². The number of unbranched alkanes of at least 4 members (excludes halogenated alkanes) is 1. The summed E-state index contributed by atoms with van der Waals surface area (Å²) in [6.07, 6.45) is 5.11. The Morgan fingerprint density at radius 2 is 1.62 bits per heavy atom. The molecule has 10 nitrogen and oxygen atoms in total. The van der Waals surface area contributed by atoms with Gasteiger partial charge in [-0.3, -0.25) is 19.6 Å². The Morgan fingerprint density at radius 3 is 2.36 bits per heavy atom. The second-order valence-electron chi connectivity index (χ2n) is 10.2. The number of thioether (sulfide) groups is 1. The largest absolute Gasteiger partial charge is 0.370 e. The number of carbonyl (C=O) groups is 2. The summed E-state index contributed by atoms with van der Waals surface area (Å²) in [6.45, 7) is 2.18. The minimum absolute atomic E-state index is 0.0152. The minimum atomic E-state index is -0.489. The maximum Gasteiger partial charge on any atom is 0.245 e. The Kier molecular flexibility index (Phi) is 9.91. The van der Waals surface area contributed by atoms with Crippen molar-refractivity contribution < 1.29 is 9.59 Å². The number of guanidine groups is 2. The number of hydrogen-bond donors (Lipinski definition) is 4. The van der Waals surface area contributed by atoms with Crippen LogP contribution in [0.15, 0.2) is 52.4 Å². The molecule has 3 atom stereocenters. The molecule has 0 unspecified atom stereocenters. The topological polar surface area (TPSA) is 169 Å². The Morgan fingerprint density at radius 1 is 0.897 bits per heavy atom. The van der Waals surface area contributed by atoms with Crippen molar-refractivity contribution in [3.05, 3.63) is 48.0 Å². The fourth-order valence-corrected chi connectivity index (χ4v) is 7.04. The number of fused-ring (bicyclic) bond motifs is 2. The Balaban J connectivity index is 1.43. The molecule has 2 aromatic carbocycles. The maximum atomic E-state index is 13.7. The number of nitrogens with zero attached hydrogens (tertiary/aromatic N) is 4. The molecule has 39 heavy (non-hydrogen) atoms. The normalized spacial score (nSPS) is 21.1. The third-order valence-corrected chi connectivity index (χ3v) is 8.78. The van der Waals surface area contributed by atoms with Gasteiger partial charge in [-0.15, -0.1) is 11.8 Å². The third-order valence-electron chi connectivity index (χ3n) is 7.30. The molecule has 0 aromatic heterocycles. The molecular weight excluding hydrogens is 512 g/mol. The zero-order chi connectivity index (χ0) is 27.8. The number of hydrogen-bond acceptors (Lipinski definition) is 5. The van der Waals surface area contributed by atoms with Crippen LogP contribution in [0.1, 0.15) is 44.1 Å². The van der Waals surface area contributed by atoms with E-state index in [1.807, 2.05) is 33.7 Å². The van der Waals surface area contributed by atoms with E-state index in [0.29, 0.717) is 45.4 Å². The predicted molar refractivity (Wildman–Crippen MR) is 159 cm³/mol. The zero-order valence-electron chi connectivity index (χ0n) is 22.4. The fraction of sp³-hybridized carbons (Fsp3) is 0.500. The van der Waals surface area contributed by atoms with Gasteiger partial charge in [0.25, 0.3) is 0 Å². The molecule has 2 aliphatic heterocycles. The highest BCUT2D eigenvalue weighted by Gasteiger charge is 2.46. The number of aliphatic imine (C=N–C) groups is 2. The van der Waals surface area contributed by atoms with E-state index in [2.05, 4.69) is 40.3 Å². The maximum absolute atomic E-state index is 13.7. The van der Waals surface area contributed by atoms with Crippen LogP contribution in [0.2, 0.25) is 0 Å². The molecule has 2 fully saturated rings. The lowest BCUT2D eigenvalue weighted by molar-refractivity contribution is -0.153. The van der Waals surface area contributed by atoms with E-state index in [0.717, 1.165) is 25.7 Å². The lowest BCUT2D eigenvalue weighted by Gasteiger charge is -2.49. The second kappa shape index (κ2) is 13.5. The van der Waals surface area contributed by atoms with Gasteiger partial charge < -0.3 is 32.7 Å². The number of carbonyl (C=O) groups excluding carboxylic acids is 2. The van der Waals surface area contributed by atoms with Gasteiger partial charge in [-0.05, 0) is 48.4 Å². The van der Waals surface area contributed by atoms with E-state index in [9.17, 15) is 9.59 Å². The first kappa shape index (κ1) is 28.5. The first-order chi connectivity index (χ1) is 18.8. The monoisotopic (exact) mass is 552 g/mol. The van der Waals surface area contributed by atoms with Crippen molar-refractivity contribution in [3.63, 3.8) is 0 Å². The zero-order valence-corrected chi connectivity index (χ0v) is 23.2. The Labute approximate surface area is 234 Å². The molecule has 0 saturated carbocycles. The van der Waals surface area contributed by atoms with Crippen molar-refractivity contribution in [3.8, 4) is 0 Å². The lowest BCUT2D eigenvalue weighted by Crippen LogP contribution is -2.64. The molecule has 2 aliphatic rings. The average molecular weight is 553 g/mol. The van der Waals surface area contributed by atoms with Crippen molar-refractivity contribution in [2.45, 2.75) is 61.6 Å². The molecule has 2 saturated heterocycles. The van der Waals surface area contributed by atoms with Gasteiger partial charge in [0, 0.05) is 31.3 Å². The molecule has 4 rings (SSSR count). The van der Waals surface area contributed by atoms with Gasteiger partial charge in [0.2, 0.25) is 11.8 Å². The number of benzene rings is 2. The second-order valence-corrected chi connectivity index (χ2v) is 11.7. The smallest absolute Gasteiger partial charge is 0.245 e. The molecule has 11 heteroatoms. The van der Waals surface area contributed by atoms with Crippen molar-refractivity contribution in [1.82, 2.24) is 9.80 Å². The Hall–Kier alpha value is -3.47. The molecule has 0 bridgehead atoms. The number of nitrogens with two attached hydrogens (primary N) is 4. The lowest BCUT2D eigenvalue weighted by atomic mass is 10.0. The predicted octanol–water partition coefficient (Wildman–Crippen LogP) is 1.75. The van der Waals surface area contributed by atoms with Gasteiger partial charge in [0.05, 0.1) is 11.9 Å². The van der Waals surface area contributed by atoms with Gasteiger partial charge >= 0.3 is 0 Å². The summed E-state index contributed by atoms with van der Waals surface area (Å²) in [5.41, 5.74) is 23.0. The van der Waals surface area contributed by atoms with E-state index >= 15 is 0 Å². The number of piperazine rings is 1. The van der Waals surface area contributed by atoms with Crippen LogP contribution in [0.3, 0.4) is 0 Å². The van der Waals surface area contributed by atoms with Crippen LogP contribution in [0.5, 0.6) is 0 Å². The van der Waals surface area contributed by atoms with Crippen LogP contribution in [-0.2, 0) is 16.0 Å². The van der Waals surface area contributed by atoms with Crippen LogP contribution in [-0.4, -0.2) is 76.4 Å². The highest BCUT2D eigenvalue weighted by molar-refractivity contribution is 8.00. The summed E-state index contributed by atoms with van der Waals surface area (Å²) >= 11 is 1.82. The highest BCUT2D eigenvalue weighted by atomic mass is 32.2. The first-order valence-electron chi connectivity index (χ1n) is 13.7. The van der Waals surface area contributed by atoms with E-state index in [1.54, 1.807) is 0 Å². The summed E-state index contributed by atoms with van der Waals surface area (Å²) < 4.78 is 0. The molecule has 210 valence electrons. The molecule has 2 aromatic rings. The first-order valence-corrected chi connectivity index (χ1v) is 14.6. The van der Waals surface area contributed by atoms with Gasteiger partial charge in [-0.25, -0.2) is 0 Å².